The first kappa shape index (κ1) is 13.8. The van der Waals surface area contributed by atoms with Crippen LogP contribution in [0.2, 0.25) is 0 Å². The number of benzene rings is 1. The number of hydrogen-bond donors (Lipinski definition) is 1. The van der Waals surface area contributed by atoms with Crippen LogP contribution in [0.3, 0.4) is 0 Å². The third-order valence-corrected chi connectivity index (χ3v) is 4.36. The molecule has 4 nitrogen and oxygen atoms in total. The second kappa shape index (κ2) is 5.91. The minimum absolute atomic E-state index is 0.146. The lowest BCUT2D eigenvalue weighted by Crippen LogP contribution is -2.26. The van der Waals surface area contributed by atoms with Crippen molar-refractivity contribution in [2.24, 2.45) is 0 Å². The highest BCUT2D eigenvalue weighted by atomic mass is 32.2. The van der Waals surface area contributed by atoms with Gasteiger partial charge in [-0.15, -0.1) is 0 Å². The van der Waals surface area contributed by atoms with E-state index in [-0.39, 0.29) is 17.3 Å². The molecule has 0 aromatic heterocycles. The fourth-order valence-electron chi connectivity index (χ4n) is 1.55. The highest BCUT2D eigenvalue weighted by Gasteiger charge is 2.11. The number of sulfone groups is 1. The zero-order valence-electron chi connectivity index (χ0n) is 10.3. The molecule has 1 aromatic rings. The Morgan fingerprint density at radius 1 is 1.29 bits per heavy atom. The average Bonchev–Trinajstić information content (AvgIpc) is 2.26. The molecule has 1 aromatic carbocycles. The van der Waals surface area contributed by atoms with Gasteiger partial charge >= 0.3 is 0 Å². The maximum Gasteiger partial charge on any atom is 0.152 e. The van der Waals surface area contributed by atoms with Gasteiger partial charge in [0.2, 0.25) is 0 Å². The van der Waals surface area contributed by atoms with E-state index in [0.29, 0.717) is 13.0 Å². The zero-order chi connectivity index (χ0) is 12.9. The Hall–Kier alpha value is -1.23. The molecule has 0 atom stereocenters. The van der Waals surface area contributed by atoms with Gasteiger partial charge in [-0.3, -0.25) is 0 Å². The molecule has 0 bridgehead atoms. The van der Waals surface area contributed by atoms with Crippen molar-refractivity contribution in [1.29, 1.82) is 0 Å². The van der Waals surface area contributed by atoms with Crippen LogP contribution in [0.25, 0.3) is 0 Å². The van der Waals surface area contributed by atoms with E-state index in [2.05, 4.69) is 0 Å². The lowest BCUT2D eigenvalue weighted by molar-refractivity contribution is 0.475. The van der Waals surface area contributed by atoms with Gasteiger partial charge in [0.25, 0.3) is 0 Å². The van der Waals surface area contributed by atoms with Gasteiger partial charge in [-0.25, -0.2) is 8.42 Å². The molecule has 0 unspecified atom stereocenters. The molecule has 0 radical (unpaired) electrons. The van der Waals surface area contributed by atoms with E-state index in [1.807, 2.05) is 24.9 Å². The van der Waals surface area contributed by atoms with Gasteiger partial charge in [0.15, 0.2) is 9.84 Å². The molecule has 0 saturated heterocycles. The molecular weight excluding hydrogens is 238 g/mol. The van der Waals surface area contributed by atoms with Gasteiger partial charge in [0, 0.05) is 31.1 Å². The Morgan fingerprint density at radius 3 is 2.59 bits per heavy atom. The number of phenolic OH excluding ortho intramolecular Hbond substituents is 1. The van der Waals surface area contributed by atoms with Crippen LogP contribution >= 0.6 is 0 Å². The van der Waals surface area contributed by atoms with E-state index >= 15 is 0 Å². The quantitative estimate of drug-likeness (QED) is 0.842. The minimum Gasteiger partial charge on any atom is -0.508 e. The maximum atomic E-state index is 11.6. The molecule has 0 aliphatic heterocycles. The molecule has 0 heterocycles. The van der Waals surface area contributed by atoms with Crippen molar-refractivity contribution in [2.75, 3.05) is 30.0 Å². The Morgan fingerprint density at radius 2 is 2.00 bits per heavy atom. The van der Waals surface area contributed by atoms with E-state index in [4.69, 9.17) is 0 Å². The second-order valence-electron chi connectivity index (χ2n) is 4.09. The Balaban J connectivity index is 2.59. The standard InChI is InChI=1S/C12H19NO3S/c1-3-8-17(15,16)9-7-13(2)11-5-4-6-12(14)10-11/h4-6,10,14H,3,7-9H2,1-2H3. The predicted molar refractivity (Wildman–Crippen MR) is 70.3 cm³/mol. The molecule has 0 aliphatic rings. The third kappa shape index (κ3) is 4.65. The summed E-state index contributed by atoms with van der Waals surface area (Å²) in [5.74, 6) is 0.569. The molecule has 1 N–H and O–H groups in total. The lowest BCUT2D eigenvalue weighted by Gasteiger charge is -2.19. The predicted octanol–water partition coefficient (Wildman–Crippen LogP) is 1.65. The summed E-state index contributed by atoms with van der Waals surface area (Å²) in [6.07, 6.45) is 0.651. The Bertz CT molecular complexity index is 457. The number of aromatic hydroxyl groups is 1. The van der Waals surface area contributed by atoms with Crippen LogP contribution in [-0.4, -0.2) is 38.6 Å². The molecule has 0 spiro atoms. The zero-order valence-corrected chi connectivity index (χ0v) is 11.1. The molecule has 1 rings (SSSR count). The summed E-state index contributed by atoms with van der Waals surface area (Å²) in [6, 6.07) is 6.78. The van der Waals surface area contributed by atoms with Gasteiger partial charge in [-0.1, -0.05) is 13.0 Å². The van der Waals surface area contributed by atoms with Crippen molar-refractivity contribution >= 4 is 15.5 Å². The number of nitrogens with zero attached hydrogens (tertiary/aromatic N) is 1. The molecular formula is C12H19NO3S. The molecule has 17 heavy (non-hydrogen) atoms. The third-order valence-electron chi connectivity index (χ3n) is 2.52. The van der Waals surface area contributed by atoms with Crippen molar-refractivity contribution in [2.45, 2.75) is 13.3 Å². The Labute approximate surface area is 103 Å². The molecule has 0 fully saturated rings. The van der Waals surface area contributed by atoms with Gasteiger partial charge in [-0.2, -0.15) is 0 Å². The smallest absolute Gasteiger partial charge is 0.152 e. The maximum absolute atomic E-state index is 11.6. The van der Waals surface area contributed by atoms with Crippen LogP contribution in [0.4, 0.5) is 5.69 Å². The van der Waals surface area contributed by atoms with Crippen LogP contribution in [0.1, 0.15) is 13.3 Å². The van der Waals surface area contributed by atoms with Crippen LogP contribution < -0.4 is 4.90 Å². The number of phenols is 1. The average molecular weight is 257 g/mol. The fourth-order valence-corrected chi connectivity index (χ4v) is 2.93. The summed E-state index contributed by atoms with van der Waals surface area (Å²) in [5.41, 5.74) is 0.816. The molecule has 0 aliphatic carbocycles. The summed E-state index contributed by atoms with van der Waals surface area (Å²) in [7, 11) is -1.13. The largest absolute Gasteiger partial charge is 0.508 e. The summed E-state index contributed by atoms with van der Waals surface area (Å²) in [4.78, 5) is 1.83. The number of hydrogen-bond acceptors (Lipinski definition) is 4. The summed E-state index contributed by atoms with van der Waals surface area (Å²) >= 11 is 0. The van der Waals surface area contributed by atoms with Gasteiger partial charge in [-0.05, 0) is 18.6 Å². The van der Waals surface area contributed by atoms with Crippen molar-refractivity contribution < 1.29 is 13.5 Å². The van der Waals surface area contributed by atoms with Crippen LogP contribution in [0.15, 0.2) is 24.3 Å². The van der Waals surface area contributed by atoms with Crippen molar-refractivity contribution in [1.82, 2.24) is 0 Å². The monoisotopic (exact) mass is 257 g/mol. The van der Waals surface area contributed by atoms with E-state index < -0.39 is 9.84 Å². The van der Waals surface area contributed by atoms with Gasteiger partial charge in [0.1, 0.15) is 5.75 Å². The van der Waals surface area contributed by atoms with E-state index in [9.17, 15) is 13.5 Å². The van der Waals surface area contributed by atoms with Crippen LogP contribution in [0.5, 0.6) is 5.75 Å². The van der Waals surface area contributed by atoms with Crippen molar-refractivity contribution in [3.05, 3.63) is 24.3 Å². The van der Waals surface area contributed by atoms with Crippen molar-refractivity contribution in [3.8, 4) is 5.75 Å². The molecule has 0 saturated carbocycles. The highest BCUT2D eigenvalue weighted by molar-refractivity contribution is 7.91. The minimum atomic E-state index is -2.95. The molecule has 96 valence electrons. The topological polar surface area (TPSA) is 57.6 Å². The summed E-state index contributed by atoms with van der Waals surface area (Å²) in [6.45, 7) is 2.29. The number of rotatable bonds is 6. The highest BCUT2D eigenvalue weighted by Crippen LogP contribution is 2.18. The van der Waals surface area contributed by atoms with Crippen LogP contribution in [0, 0.1) is 0 Å². The summed E-state index contributed by atoms with van der Waals surface area (Å²) in [5, 5.41) is 9.33. The normalized spacial score (nSPS) is 11.4. The number of anilines is 1. The second-order valence-corrected chi connectivity index (χ2v) is 6.40. The first-order valence-electron chi connectivity index (χ1n) is 5.65. The SMILES string of the molecule is CCCS(=O)(=O)CCN(C)c1cccc(O)c1. The Kier molecular flexibility index (Phi) is 4.81. The molecule has 0 amide bonds. The molecule has 5 heteroatoms. The summed E-state index contributed by atoms with van der Waals surface area (Å²) < 4.78 is 23.1. The fraction of sp³-hybridized carbons (Fsp3) is 0.500. The van der Waals surface area contributed by atoms with Crippen molar-refractivity contribution in [3.63, 3.8) is 0 Å². The first-order chi connectivity index (χ1) is 7.94. The lowest BCUT2D eigenvalue weighted by atomic mass is 10.3. The van der Waals surface area contributed by atoms with Gasteiger partial charge in [0.05, 0.1) is 5.75 Å². The van der Waals surface area contributed by atoms with E-state index in [1.165, 1.54) is 0 Å². The van der Waals surface area contributed by atoms with Crippen LogP contribution in [-0.2, 0) is 9.84 Å². The van der Waals surface area contributed by atoms with E-state index in [1.54, 1.807) is 18.2 Å². The first-order valence-corrected chi connectivity index (χ1v) is 7.47. The van der Waals surface area contributed by atoms with Gasteiger partial charge < -0.3 is 10.0 Å². The van der Waals surface area contributed by atoms with E-state index in [0.717, 1.165) is 5.69 Å².